The van der Waals surface area contributed by atoms with Crippen molar-refractivity contribution in [2.24, 2.45) is 0 Å². The predicted molar refractivity (Wildman–Crippen MR) is 97.7 cm³/mol. The van der Waals surface area contributed by atoms with E-state index in [1.54, 1.807) is 26.1 Å². The Morgan fingerprint density at radius 2 is 1.92 bits per heavy atom. The number of rotatable bonds is 5. The lowest BCUT2D eigenvalue weighted by atomic mass is 10.2. The number of amides is 1. The molecule has 0 aliphatic rings. The van der Waals surface area contributed by atoms with Gasteiger partial charge in [0.2, 0.25) is 0 Å². The lowest BCUT2D eigenvalue weighted by Gasteiger charge is -2.14. The molecule has 3 rings (SSSR count). The molecular weight excluding hydrogens is 302 g/mol. The van der Waals surface area contributed by atoms with E-state index in [0.29, 0.717) is 24.9 Å². The third-order valence-corrected chi connectivity index (χ3v) is 4.42. The Labute approximate surface area is 142 Å². The highest BCUT2D eigenvalue weighted by molar-refractivity contribution is 6.10. The zero-order valence-corrected chi connectivity index (χ0v) is 15.0. The highest BCUT2D eigenvalue weighted by Gasteiger charge is 2.23. The van der Waals surface area contributed by atoms with Crippen LogP contribution in [0.15, 0.2) is 30.3 Å². The summed E-state index contributed by atoms with van der Waals surface area (Å²) in [6.45, 7) is 5.57. The van der Waals surface area contributed by atoms with Gasteiger partial charge in [-0.2, -0.15) is 0 Å². The van der Waals surface area contributed by atoms with E-state index in [2.05, 4.69) is 41.2 Å². The fourth-order valence-corrected chi connectivity index (χ4v) is 3.39. The second kappa shape index (κ2) is 6.32. The molecule has 5 heteroatoms. The number of hydrogen-bond acceptors (Lipinski definition) is 2. The number of nitrogens with zero attached hydrogens (tertiary/aromatic N) is 3. The van der Waals surface area contributed by atoms with Gasteiger partial charge in [0.1, 0.15) is 5.69 Å². The van der Waals surface area contributed by atoms with Crippen LogP contribution >= 0.6 is 0 Å². The second-order valence-electron chi connectivity index (χ2n) is 6.59. The Kier molecular flexibility index (Phi) is 4.37. The molecule has 0 bridgehead atoms. The summed E-state index contributed by atoms with van der Waals surface area (Å²) in [7, 11) is 5.26. The maximum Gasteiger partial charge on any atom is 0.270 e. The van der Waals surface area contributed by atoms with Crippen LogP contribution in [-0.2, 0) is 11.3 Å². The standard InChI is InChI=1S/C19H25N3O2/c1-13(2)22-15-9-7-6-8-14(15)18-16(22)12-17(19(23)20(3)4)21(18)10-11-24-5/h6-9,12-13H,10-11H2,1-5H3. The summed E-state index contributed by atoms with van der Waals surface area (Å²) in [5, 5.41) is 1.18. The van der Waals surface area contributed by atoms with Crippen molar-refractivity contribution >= 4 is 27.8 Å². The molecule has 3 aromatic rings. The second-order valence-corrected chi connectivity index (χ2v) is 6.59. The monoisotopic (exact) mass is 327 g/mol. The third-order valence-electron chi connectivity index (χ3n) is 4.42. The molecule has 0 atom stereocenters. The molecule has 0 N–H and O–H groups in total. The van der Waals surface area contributed by atoms with Gasteiger partial charge in [-0.25, -0.2) is 0 Å². The predicted octanol–water partition coefficient (Wildman–Crippen LogP) is 3.53. The topological polar surface area (TPSA) is 39.4 Å². The minimum atomic E-state index is 0.0155. The molecule has 1 aromatic carbocycles. The quantitative estimate of drug-likeness (QED) is 0.719. The van der Waals surface area contributed by atoms with Crippen molar-refractivity contribution < 1.29 is 9.53 Å². The fourth-order valence-electron chi connectivity index (χ4n) is 3.39. The molecule has 0 spiro atoms. The average Bonchev–Trinajstić information content (AvgIpc) is 3.06. The number of aromatic nitrogens is 2. The van der Waals surface area contributed by atoms with Crippen molar-refractivity contribution in [3.05, 3.63) is 36.0 Å². The highest BCUT2D eigenvalue weighted by atomic mass is 16.5. The van der Waals surface area contributed by atoms with Crippen LogP contribution in [0.3, 0.4) is 0 Å². The number of benzene rings is 1. The molecule has 0 aliphatic heterocycles. The minimum absolute atomic E-state index is 0.0155. The largest absolute Gasteiger partial charge is 0.383 e. The summed E-state index contributed by atoms with van der Waals surface area (Å²) in [5.41, 5.74) is 4.13. The Bertz CT molecular complexity index is 887. The smallest absolute Gasteiger partial charge is 0.270 e. The molecule has 0 saturated heterocycles. The zero-order chi connectivity index (χ0) is 17.4. The lowest BCUT2D eigenvalue weighted by molar-refractivity contribution is 0.0815. The average molecular weight is 327 g/mol. The SMILES string of the molecule is COCCn1c(C(=O)N(C)C)cc2c1c1ccccc1n2C(C)C. The van der Waals surface area contributed by atoms with E-state index in [1.807, 2.05) is 12.1 Å². The van der Waals surface area contributed by atoms with Crippen LogP contribution in [0.2, 0.25) is 0 Å². The molecule has 0 radical (unpaired) electrons. The normalized spacial score (nSPS) is 11.8. The number of methoxy groups -OCH3 is 1. The van der Waals surface area contributed by atoms with Gasteiger partial charge >= 0.3 is 0 Å². The first kappa shape index (κ1) is 16.6. The van der Waals surface area contributed by atoms with Gasteiger partial charge in [-0.3, -0.25) is 4.79 Å². The first-order chi connectivity index (χ1) is 11.5. The Balaban J connectivity index is 2.38. The van der Waals surface area contributed by atoms with Gasteiger partial charge < -0.3 is 18.8 Å². The van der Waals surface area contributed by atoms with Crippen molar-refractivity contribution in [1.82, 2.24) is 14.0 Å². The van der Waals surface area contributed by atoms with E-state index in [0.717, 1.165) is 11.0 Å². The van der Waals surface area contributed by atoms with Crippen LogP contribution < -0.4 is 0 Å². The van der Waals surface area contributed by atoms with Crippen molar-refractivity contribution in [3.8, 4) is 0 Å². The van der Waals surface area contributed by atoms with E-state index in [-0.39, 0.29) is 5.91 Å². The van der Waals surface area contributed by atoms with E-state index < -0.39 is 0 Å². The number of ether oxygens (including phenoxy) is 1. The Morgan fingerprint density at radius 1 is 1.21 bits per heavy atom. The van der Waals surface area contributed by atoms with Crippen LogP contribution in [0.4, 0.5) is 0 Å². The minimum Gasteiger partial charge on any atom is -0.383 e. The molecular formula is C19H25N3O2. The number of para-hydroxylation sites is 1. The molecule has 128 valence electrons. The van der Waals surface area contributed by atoms with Gasteiger partial charge in [-0.05, 0) is 26.0 Å². The van der Waals surface area contributed by atoms with Crippen molar-refractivity contribution in [3.63, 3.8) is 0 Å². The van der Waals surface area contributed by atoms with Crippen LogP contribution in [0, 0.1) is 0 Å². The Hall–Kier alpha value is -2.27. The molecule has 2 aromatic heterocycles. The molecule has 5 nitrogen and oxygen atoms in total. The van der Waals surface area contributed by atoms with E-state index >= 15 is 0 Å². The Morgan fingerprint density at radius 3 is 2.54 bits per heavy atom. The third kappa shape index (κ3) is 2.49. The van der Waals surface area contributed by atoms with Gasteiger partial charge in [0.25, 0.3) is 5.91 Å². The fraction of sp³-hybridized carbons (Fsp3) is 0.421. The van der Waals surface area contributed by atoms with E-state index in [4.69, 9.17) is 4.74 Å². The van der Waals surface area contributed by atoms with Crippen molar-refractivity contribution in [1.29, 1.82) is 0 Å². The van der Waals surface area contributed by atoms with Crippen LogP contribution in [0.5, 0.6) is 0 Å². The van der Waals surface area contributed by atoms with Gasteiger partial charge in [0.05, 0.1) is 23.2 Å². The summed E-state index contributed by atoms with van der Waals surface area (Å²) in [4.78, 5) is 14.3. The summed E-state index contributed by atoms with van der Waals surface area (Å²) < 4.78 is 9.68. The van der Waals surface area contributed by atoms with E-state index in [9.17, 15) is 4.79 Å². The number of hydrogen-bond donors (Lipinski definition) is 0. The molecule has 2 heterocycles. The lowest BCUT2D eigenvalue weighted by Crippen LogP contribution is -2.25. The van der Waals surface area contributed by atoms with Crippen molar-refractivity contribution in [2.75, 3.05) is 27.8 Å². The van der Waals surface area contributed by atoms with E-state index in [1.165, 1.54) is 10.9 Å². The molecule has 0 fully saturated rings. The van der Waals surface area contributed by atoms with Gasteiger partial charge in [-0.15, -0.1) is 0 Å². The summed E-state index contributed by atoms with van der Waals surface area (Å²) in [6.07, 6.45) is 0. The number of fused-ring (bicyclic) bond motifs is 3. The molecule has 24 heavy (non-hydrogen) atoms. The maximum absolute atomic E-state index is 12.7. The summed E-state index contributed by atoms with van der Waals surface area (Å²) in [5.74, 6) is 0.0155. The van der Waals surface area contributed by atoms with Crippen molar-refractivity contribution in [2.45, 2.75) is 26.4 Å². The number of carbonyl (C=O) groups is 1. The maximum atomic E-state index is 12.7. The molecule has 0 aliphatic carbocycles. The number of carbonyl (C=O) groups excluding carboxylic acids is 1. The zero-order valence-electron chi connectivity index (χ0n) is 15.0. The van der Waals surface area contributed by atoms with Gasteiger partial charge in [-0.1, -0.05) is 18.2 Å². The first-order valence-corrected chi connectivity index (χ1v) is 8.30. The highest BCUT2D eigenvalue weighted by Crippen LogP contribution is 2.34. The van der Waals surface area contributed by atoms with Crippen LogP contribution in [0.1, 0.15) is 30.4 Å². The van der Waals surface area contributed by atoms with Gasteiger partial charge in [0.15, 0.2) is 0 Å². The first-order valence-electron chi connectivity index (χ1n) is 8.30. The molecule has 0 saturated carbocycles. The summed E-state index contributed by atoms with van der Waals surface area (Å²) in [6, 6.07) is 10.7. The molecule has 0 unspecified atom stereocenters. The molecule has 1 amide bonds. The van der Waals surface area contributed by atoms with Crippen LogP contribution in [-0.4, -0.2) is 47.8 Å². The van der Waals surface area contributed by atoms with Gasteiger partial charge in [0, 0.05) is 39.2 Å². The summed E-state index contributed by atoms with van der Waals surface area (Å²) >= 11 is 0. The van der Waals surface area contributed by atoms with Crippen LogP contribution in [0.25, 0.3) is 21.9 Å².